The lowest BCUT2D eigenvalue weighted by Crippen LogP contribution is -2.26. The molecule has 4 heteroatoms. The van der Waals surface area contributed by atoms with E-state index in [4.69, 9.17) is 0 Å². The number of aromatic nitrogens is 1. The fourth-order valence-electron chi connectivity index (χ4n) is 1.74. The molecule has 0 bridgehead atoms. The summed E-state index contributed by atoms with van der Waals surface area (Å²) in [5, 5.41) is 3.44. The second-order valence-electron chi connectivity index (χ2n) is 5.14. The van der Waals surface area contributed by atoms with E-state index in [0.717, 1.165) is 18.2 Å². The summed E-state index contributed by atoms with van der Waals surface area (Å²) in [5.41, 5.74) is 1.51. The van der Waals surface area contributed by atoms with Gasteiger partial charge in [0.05, 0.1) is 7.11 Å². The van der Waals surface area contributed by atoms with Crippen LogP contribution in [-0.4, -0.2) is 24.1 Å². The maximum Gasteiger partial charge on any atom is 0.354 e. The van der Waals surface area contributed by atoms with Gasteiger partial charge in [-0.25, -0.2) is 4.79 Å². The minimum Gasteiger partial charge on any atom is -0.464 e. The number of rotatable bonds is 7. The fraction of sp³-hybridized carbons (Fsp3) is 0.643. The van der Waals surface area contributed by atoms with Gasteiger partial charge in [0.1, 0.15) is 5.69 Å². The molecule has 0 saturated heterocycles. The van der Waals surface area contributed by atoms with Crippen molar-refractivity contribution in [2.75, 3.05) is 7.11 Å². The number of ether oxygens (including phenoxy) is 1. The first kappa shape index (κ1) is 14.8. The minimum absolute atomic E-state index is 0.325. The molecule has 0 radical (unpaired) electrons. The van der Waals surface area contributed by atoms with Crippen LogP contribution in [0.5, 0.6) is 0 Å². The summed E-state index contributed by atoms with van der Waals surface area (Å²) < 4.78 is 4.65. The average molecular weight is 252 g/mol. The molecule has 0 aliphatic carbocycles. The second kappa shape index (κ2) is 7.21. The molecule has 1 unspecified atom stereocenters. The van der Waals surface area contributed by atoms with Gasteiger partial charge in [0, 0.05) is 18.3 Å². The summed E-state index contributed by atoms with van der Waals surface area (Å²) in [6, 6.07) is 4.15. The maximum absolute atomic E-state index is 11.3. The first-order valence-corrected chi connectivity index (χ1v) is 6.52. The third kappa shape index (κ3) is 4.92. The van der Waals surface area contributed by atoms with E-state index in [1.54, 1.807) is 6.07 Å². The zero-order valence-electron chi connectivity index (χ0n) is 11.7. The van der Waals surface area contributed by atoms with E-state index in [2.05, 4.69) is 35.8 Å². The normalized spacial score (nSPS) is 12.7. The summed E-state index contributed by atoms with van der Waals surface area (Å²) in [6.45, 7) is 7.41. The Labute approximate surface area is 109 Å². The van der Waals surface area contributed by atoms with Crippen LogP contribution in [0.25, 0.3) is 0 Å². The molecule has 1 aromatic rings. The predicted octanol–water partition coefficient (Wildman–Crippen LogP) is 2.72. The van der Waals surface area contributed by atoms with Crippen molar-refractivity contribution < 1.29 is 9.53 Å². The van der Waals surface area contributed by atoms with Gasteiger partial charge < -0.3 is 15.0 Å². The third-order valence-corrected chi connectivity index (χ3v) is 2.97. The predicted molar refractivity (Wildman–Crippen MR) is 72.5 cm³/mol. The van der Waals surface area contributed by atoms with Crippen molar-refractivity contribution in [3.8, 4) is 0 Å². The van der Waals surface area contributed by atoms with Crippen LogP contribution in [0.3, 0.4) is 0 Å². The van der Waals surface area contributed by atoms with Crippen LogP contribution in [-0.2, 0) is 11.3 Å². The van der Waals surface area contributed by atoms with Crippen molar-refractivity contribution in [2.45, 2.75) is 46.2 Å². The Balaban J connectivity index is 2.34. The van der Waals surface area contributed by atoms with Gasteiger partial charge in [-0.3, -0.25) is 0 Å². The van der Waals surface area contributed by atoms with E-state index in [1.165, 1.54) is 20.0 Å². The summed E-state index contributed by atoms with van der Waals surface area (Å²) in [4.78, 5) is 14.3. The molecule has 0 amide bonds. The highest BCUT2D eigenvalue weighted by Crippen LogP contribution is 2.08. The lowest BCUT2D eigenvalue weighted by molar-refractivity contribution is 0.0594. The number of hydrogen-bond acceptors (Lipinski definition) is 3. The van der Waals surface area contributed by atoms with Gasteiger partial charge in [0.25, 0.3) is 0 Å². The smallest absolute Gasteiger partial charge is 0.354 e. The van der Waals surface area contributed by atoms with E-state index in [9.17, 15) is 4.79 Å². The van der Waals surface area contributed by atoms with Crippen molar-refractivity contribution in [2.24, 2.45) is 5.92 Å². The molecule has 0 aromatic carbocycles. The molecule has 1 atom stereocenters. The van der Waals surface area contributed by atoms with Gasteiger partial charge in [-0.2, -0.15) is 0 Å². The fourth-order valence-corrected chi connectivity index (χ4v) is 1.74. The molecule has 4 nitrogen and oxygen atoms in total. The number of methoxy groups -OCH3 is 1. The summed E-state index contributed by atoms with van der Waals surface area (Å²) in [5.74, 6) is 0.416. The Kier molecular flexibility index (Phi) is 5.92. The zero-order chi connectivity index (χ0) is 13.5. The van der Waals surface area contributed by atoms with Crippen molar-refractivity contribution in [3.63, 3.8) is 0 Å². The van der Waals surface area contributed by atoms with Crippen molar-refractivity contribution >= 4 is 5.97 Å². The van der Waals surface area contributed by atoms with Gasteiger partial charge in [-0.05, 0) is 37.8 Å². The van der Waals surface area contributed by atoms with Gasteiger partial charge in [0.15, 0.2) is 0 Å². The lowest BCUT2D eigenvalue weighted by atomic mass is 10.0. The molecule has 0 fully saturated rings. The number of H-pyrrole nitrogens is 1. The number of carbonyl (C=O) groups is 1. The van der Waals surface area contributed by atoms with Crippen LogP contribution in [0.2, 0.25) is 0 Å². The summed E-state index contributed by atoms with van der Waals surface area (Å²) >= 11 is 0. The number of aromatic amines is 1. The van der Waals surface area contributed by atoms with Crippen LogP contribution >= 0.6 is 0 Å². The highest BCUT2D eigenvalue weighted by atomic mass is 16.5. The minimum atomic E-state index is -0.325. The van der Waals surface area contributed by atoms with Gasteiger partial charge in [-0.1, -0.05) is 13.8 Å². The molecule has 1 aromatic heterocycles. The van der Waals surface area contributed by atoms with Gasteiger partial charge in [0.2, 0.25) is 0 Å². The highest BCUT2D eigenvalue weighted by molar-refractivity contribution is 5.87. The van der Waals surface area contributed by atoms with E-state index >= 15 is 0 Å². The molecule has 1 heterocycles. The maximum atomic E-state index is 11.3. The summed E-state index contributed by atoms with van der Waals surface area (Å²) in [6.07, 6.45) is 2.40. The average Bonchev–Trinajstić information content (AvgIpc) is 2.81. The Morgan fingerprint density at radius 3 is 2.67 bits per heavy atom. The Bertz CT molecular complexity index is 372. The third-order valence-electron chi connectivity index (χ3n) is 2.97. The molecule has 0 aliphatic heterocycles. The zero-order valence-corrected chi connectivity index (χ0v) is 11.7. The monoisotopic (exact) mass is 252 g/mol. The van der Waals surface area contributed by atoms with Gasteiger partial charge in [-0.15, -0.1) is 0 Å². The first-order chi connectivity index (χ1) is 8.52. The second-order valence-corrected chi connectivity index (χ2v) is 5.14. The Hall–Kier alpha value is -1.29. The molecule has 0 spiro atoms. The Morgan fingerprint density at radius 1 is 1.33 bits per heavy atom. The van der Waals surface area contributed by atoms with Crippen LogP contribution < -0.4 is 5.32 Å². The summed E-state index contributed by atoms with van der Waals surface area (Å²) in [7, 11) is 1.38. The van der Waals surface area contributed by atoms with E-state index in [1.807, 2.05) is 6.07 Å². The SMILES string of the molecule is COC(=O)c1ccc(CNC(C)CCC(C)C)[nH]1. The molecule has 2 N–H and O–H groups in total. The Morgan fingerprint density at radius 2 is 2.06 bits per heavy atom. The number of nitrogens with one attached hydrogen (secondary N) is 2. The molecular formula is C14H24N2O2. The van der Waals surface area contributed by atoms with E-state index < -0.39 is 0 Å². The van der Waals surface area contributed by atoms with Crippen molar-refractivity contribution in [1.29, 1.82) is 0 Å². The van der Waals surface area contributed by atoms with Crippen molar-refractivity contribution in [3.05, 3.63) is 23.5 Å². The van der Waals surface area contributed by atoms with Crippen LogP contribution in [0.15, 0.2) is 12.1 Å². The van der Waals surface area contributed by atoms with Gasteiger partial charge >= 0.3 is 5.97 Å². The number of carbonyl (C=O) groups excluding carboxylic acids is 1. The van der Waals surface area contributed by atoms with E-state index in [0.29, 0.717) is 11.7 Å². The molecule has 18 heavy (non-hydrogen) atoms. The van der Waals surface area contributed by atoms with Crippen LogP contribution in [0.1, 0.15) is 49.8 Å². The molecular weight excluding hydrogens is 228 g/mol. The number of hydrogen-bond donors (Lipinski definition) is 2. The lowest BCUT2D eigenvalue weighted by Gasteiger charge is -2.14. The van der Waals surface area contributed by atoms with Crippen LogP contribution in [0.4, 0.5) is 0 Å². The molecule has 1 rings (SSSR count). The standard InChI is InChI=1S/C14H24N2O2/c1-10(2)5-6-11(3)15-9-12-7-8-13(16-12)14(17)18-4/h7-8,10-11,15-16H,5-6,9H2,1-4H3. The molecule has 0 saturated carbocycles. The molecule has 0 aliphatic rings. The first-order valence-electron chi connectivity index (χ1n) is 6.52. The topological polar surface area (TPSA) is 54.1 Å². The van der Waals surface area contributed by atoms with Crippen LogP contribution in [0, 0.1) is 5.92 Å². The van der Waals surface area contributed by atoms with E-state index in [-0.39, 0.29) is 5.97 Å². The number of esters is 1. The highest BCUT2D eigenvalue weighted by Gasteiger charge is 2.08. The van der Waals surface area contributed by atoms with Crippen molar-refractivity contribution in [1.82, 2.24) is 10.3 Å². The molecule has 102 valence electrons. The largest absolute Gasteiger partial charge is 0.464 e. The quantitative estimate of drug-likeness (QED) is 0.734.